The monoisotopic (exact) mass is 232 g/mol. The van der Waals surface area contributed by atoms with Crippen LogP contribution in [-0.2, 0) is 0 Å². The molecule has 1 aromatic rings. The first-order chi connectivity index (χ1) is 8.29. The van der Waals surface area contributed by atoms with Crippen molar-refractivity contribution >= 4 is 0 Å². The van der Waals surface area contributed by atoms with E-state index in [0.29, 0.717) is 0 Å². The highest BCUT2D eigenvalue weighted by atomic mass is 16.5. The van der Waals surface area contributed by atoms with E-state index in [9.17, 15) is 5.11 Å². The minimum Gasteiger partial charge on any atom is -0.486 e. The zero-order chi connectivity index (χ0) is 12.1. The summed E-state index contributed by atoms with van der Waals surface area (Å²) >= 11 is 0. The third kappa shape index (κ3) is 3.34. The second kappa shape index (κ2) is 5.87. The largest absolute Gasteiger partial charge is 0.486 e. The molecule has 0 saturated carbocycles. The summed E-state index contributed by atoms with van der Waals surface area (Å²) in [5, 5.41) is 9.69. The Morgan fingerprint density at radius 1 is 1.35 bits per heavy atom. The first kappa shape index (κ1) is 12.2. The van der Waals surface area contributed by atoms with Crippen LogP contribution >= 0.6 is 0 Å². The van der Waals surface area contributed by atoms with Crippen LogP contribution in [0.5, 0.6) is 5.75 Å². The SMILES string of the molecule is CC[C@H](O)c1ccc(OC2C=CCCC2)cc1. The maximum Gasteiger partial charge on any atom is 0.120 e. The van der Waals surface area contributed by atoms with Crippen LogP contribution in [0.15, 0.2) is 36.4 Å². The highest BCUT2D eigenvalue weighted by Crippen LogP contribution is 2.22. The highest BCUT2D eigenvalue weighted by molar-refractivity contribution is 5.29. The predicted octanol–water partition coefficient (Wildman–Crippen LogP) is 3.62. The molecule has 0 fully saturated rings. The van der Waals surface area contributed by atoms with Gasteiger partial charge in [0.1, 0.15) is 11.9 Å². The summed E-state index contributed by atoms with van der Waals surface area (Å²) in [5.41, 5.74) is 0.957. The van der Waals surface area contributed by atoms with Crippen molar-refractivity contribution < 1.29 is 9.84 Å². The Hall–Kier alpha value is -1.28. The summed E-state index contributed by atoms with van der Waals surface area (Å²) in [6, 6.07) is 7.76. The van der Waals surface area contributed by atoms with Crippen molar-refractivity contribution in [2.24, 2.45) is 0 Å². The van der Waals surface area contributed by atoms with E-state index in [2.05, 4.69) is 12.2 Å². The maximum absolute atomic E-state index is 9.69. The van der Waals surface area contributed by atoms with Gasteiger partial charge in [-0.25, -0.2) is 0 Å². The topological polar surface area (TPSA) is 29.5 Å². The second-order valence-electron chi connectivity index (χ2n) is 4.51. The molecule has 1 aromatic carbocycles. The van der Waals surface area contributed by atoms with Crippen LogP contribution < -0.4 is 4.74 Å². The van der Waals surface area contributed by atoms with E-state index < -0.39 is 0 Å². The molecule has 0 aliphatic heterocycles. The average molecular weight is 232 g/mol. The average Bonchev–Trinajstić information content (AvgIpc) is 2.40. The molecule has 0 spiro atoms. The molecule has 0 saturated heterocycles. The molecule has 2 atom stereocenters. The second-order valence-corrected chi connectivity index (χ2v) is 4.51. The van der Waals surface area contributed by atoms with Gasteiger partial charge in [-0.2, -0.15) is 0 Å². The number of rotatable bonds is 4. The fourth-order valence-corrected chi connectivity index (χ4v) is 2.06. The van der Waals surface area contributed by atoms with Crippen molar-refractivity contribution in [1.29, 1.82) is 0 Å². The molecular formula is C15H20O2. The third-order valence-corrected chi connectivity index (χ3v) is 3.15. The van der Waals surface area contributed by atoms with Crippen LogP contribution in [0, 0.1) is 0 Å². The third-order valence-electron chi connectivity index (χ3n) is 3.15. The Morgan fingerprint density at radius 3 is 2.71 bits per heavy atom. The molecule has 1 unspecified atom stereocenters. The molecule has 0 heterocycles. The van der Waals surface area contributed by atoms with Crippen molar-refractivity contribution in [3.63, 3.8) is 0 Å². The van der Waals surface area contributed by atoms with Crippen LogP contribution in [0.2, 0.25) is 0 Å². The fraction of sp³-hybridized carbons (Fsp3) is 0.467. The van der Waals surface area contributed by atoms with E-state index in [4.69, 9.17) is 4.74 Å². The lowest BCUT2D eigenvalue weighted by Crippen LogP contribution is -2.15. The van der Waals surface area contributed by atoms with Gasteiger partial charge in [0, 0.05) is 0 Å². The van der Waals surface area contributed by atoms with Crippen molar-refractivity contribution in [2.45, 2.75) is 44.8 Å². The minimum atomic E-state index is -0.362. The Labute approximate surface area is 103 Å². The summed E-state index contributed by atoms with van der Waals surface area (Å²) in [5.74, 6) is 0.883. The number of allylic oxidation sites excluding steroid dienone is 1. The van der Waals surface area contributed by atoms with Gasteiger partial charge in [-0.05, 0) is 49.5 Å². The fourth-order valence-electron chi connectivity index (χ4n) is 2.06. The maximum atomic E-state index is 9.69. The highest BCUT2D eigenvalue weighted by Gasteiger charge is 2.10. The van der Waals surface area contributed by atoms with E-state index in [0.717, 1.165) is 24.2 Å². The van der Waals surface area contributed by atoms with Gasteiger partial charge in [0.2, 0.25) is 0 Å². The molecule has 2 rings (SSSR count). The van der Waals surface area contributed by atoms with Crippen molar-refractivity contribution in [2.75, 3.05) is 0 Å². The molecule has 2 nitrogen and oxygen atoms in total. The molecular weight excluding hydrogens is 212 g/mol. The van der Waals surface area contributed by atoms with E-state index in [1.165, 1.54) is 12.8 Å². The quantitative estimate of drug-likeness (QED) is 0.803. The van der Waals surface area contributed by atoms with Crippen LogP contribution in [0.3, 0.4) is 0 Å². The van der Waals surface area contributed by atoms with Crippen molar-refractivity contribution in [1.82, 2.24) is 0 Å². The van der Waals surface area contributed by atoms with Gasteiger partial charge < -0.3 is 9.84 Å². The smallest absolute Gasteiger partial charge is 0.120 e. The van der Waals surface area contributed by atoms with Gasteiger partial charge in [0.05, 0.1) is 6.10 Å². The van der Waals surface area contributed by atoms with Crippen LogP contribution in [0.4, 0.5) is 0 Å². The first-order valence-electron chi connectivity index (χ1n) is 6.41. The van der Waals surface area contributed by atoms with E-state index in [1.54, 1.807) is 0 Å². The lowest BCUT2D eigenvalue weighted by Gasteiger charge is -2.18. The lowest BCUT2D eigenvalue weighted by atomic mass is 10.1. The van der Waals surface area contributed by atoms with Crippen molar-refractivity contribution in [3.8, 4) is 5.75 Å². The standard InChI is InChI=1S/C15H20O2/c1-2-15(16)12-8-10-14(11-9-12)17-13-6-4-3-5-7-13/h4,6,8-11,13,15-16H,2-3,5,7H2,1H3/t13?,15-/m0/s1. The van der Waals surface area contributed by atoms with E-state index in [1.807, 2.05) is 31.2 Å². The normalized spacial score (nSPS) is 21.2. The summed E-state index contributed by atoms with van der Waals surface area (Å²) in [6.07, 6.45) is 8.38. The Balaban J connectivity index is 1.97. The number of benzene rings is 1. The van der Waals surface area contributed by atoms with Gasteiger partial charge in [0.25, 0.3) is 0 Å². The molecule has 0 bridgehead atoms. The first-order valence-corrected chi connectivity index (χ1v) is 6.41. The number of aliphatic hydroxyl groups excluding tert-OH is 1. The summed E-state index contributed by atoms with van der Waals surface area (Å²) in [7, 11) is 0. The Morgan fingerprint density at radius 2 is 2.12 bits per heavy atom. The van der Waals surface area contributed by atoms with Crippen molar-refractivity contribution in [3.05, 3.63) is 42.0 Å². The summed E-state index contributed by atoms with van der Waals surface area (Å²) < 4.78 is 5.86. The van der Waals surface area contributed by atoms with Gasteiger partial charge in [-0.1, -0.05) is 25.1 Å². The summed E-state index contributed by atoms with van der Waals surface area (Å²) in [6.45, 7) is 1.97. The zero-order valence-electron chi connectivity index (χ0n) is 10.3. The van der Waals surface area contributed by atoms with Crippen LogP contribution in [0.25, 0.3) is 0 Å². The number of aliphatic hydroxyl groups is 1. The lowest BCUT2D eigenvalue weighted by molar-refractivity contribution is 0.173. The molecule has 0 amide bonds. The molecule has 17 heavy (non-hydrogen) atoms. The zero-order valence-corrected chi connectivity index (χ0v) is 10.3. The van der Waals surface area contributed by atoms with Gasteiger partial charge in [-0.3, -0.25) is 0 Å². The Bertz CT molecular complexity index is 367. The molecule has 92 valence electrons. The Kier molecular flexibility index (Phi) is 4.21. The van der Waals surface area contributed by atoms with E-state index in [-0.39, 0.29) is 12.2 Å². The van der Waals surface area contributed by atoms with Crippen LogP contribution in [-0.4, -0.2) is 11.2 Å². The number of ether oxygens (including phenoxy) is 1. The summed E-state index contributed by atoms with van der Waals surface area (Å²) in [4.78, 5) is 0. The molecule has 0 aromatic heterocycles. The van der Waals surface area contributed by atoms with Gasteiger partial charge in [-0.15, -0.1) is 0 Å². The number of hydrogen-bond acceptors (Lipinski definition) is 2. The minimum absolute atomic E-state index is 0.214. The van der Waals surface area contributed by atoms with E-state index >= 15 is 0 Å². The molecule has 1 N–H and O–H groups in total. The van der Waals surface area contributed by atoms with Crippen LogP contribution in [0.1, 0.15) is 44.3 Å². The molecule has 1 aliphatic carbocycles. The molecule has 1 aliphatic rings. The predicted molar refractivity (Wildman–Crippen MR) is 69.1 cm³/mol. The molecule has 0 radical (unpaired) electrons. The van der Waals surface area contributed by atoms with Gasteiger partial charge in [0.15, 0.2) is 0 Å². The number of hydrogen-bond donors (Lipinski definition) is 1. The molecule has 2 heteroatoms. The van der Waals surface area contributed by atoms with Gasteiger partial charge >= 0.3 is 0 Å².